The number of benzene rings is 2. The Morgan fingerprint density at radius 2 is 1.94 bits per heavy atom. The average molecular weight is 590 g/mol. The summed E-state index contributed by atoms with van der Waals surface area (Å²) in [5.74, 6) is -0.159. The van der Waals surface area contributed by atoms with Gasteiger partial charge < -0.3 is 8.98 Å². The maximum atomic E-state index is 12.5. The number of hydrogen-bond acceptors (Lipinski definition) is 3. The molecule has 2 heterocycles. The van der Waals surface area contributed by atoms with E-state index in [0.29, 0.717) is 5.58 Å². The van der Waals surface area contributed by atoms with Gasteiger partial charge >= 0.3 is 5.91 Å². The van der Waals surface area contributed by atoms with Gasteiger partial charge in [-0.15, -0.1) is 0 Å². The molecule has 0 fully saturated rings. The highest BCUT2D eigenvalue weighted by atomic mass is 127. The third-order valence-corrected chi connectivity index (χ3v) is 6.46. The number of aromatic nitrogens is 1. The number of carbonyl (C=O) groups excluding carboxylic acids is 1. The summed E-state index contributed by atoms with van der Waals surface area (Å²) in [6, 6.07) is 16.2. The second-order valence-corrected chi connectivity index (χ2v) is 9.38. The summed E-state index contributed by atoms with van der Waals surface area (Å²) in [6.45, 7) is 6.25. The van der Waals surface area contributed by atoms with E-state index in [1.54, 1.807) is 12.3 Å². The van der Waals surface area contributed by atoms with Crippen LogP contribution in [0.3, 0.4) is 0 Å². The Hall–Kier alpha value is -2.39. The fourth-order valence-corrected chi connectivity index (χ4v) is 5.26. The van der Waals surface area contributed by atoms with Gasteiger partial charge in [-0.05, 0) is 84.8 Å². The smallest absolute Gasteiger partial charge is 0.307 e. The summed E-state index contributed by atoms with van der Waals surface area (Å²) in [5, 5.41) is 5.02. The van der Waals surface area contributed by atoms with Gasteiger partial charge in [0.25, 0.3) is 0 Å². The van der Waals surface area contributed by atoms with Gasteiger partial charge in [-0.3, -0.25) is 4.79 Å². The summed E-state index contributed by atoms with van der Waals surface area (Å²) < 4.78 is 9.78. The molecule has 0 spiro atoms. The van der Waals surface area contributed by atoms with Crippen LogP contribution in [0.1, 0.15) is 40.0 Å². The van der Waals surface area contributed by atoms with Crippen molar-refractivity contribution in [1.82, 2.24) is 9.99 Å². The average Bonchev–Trinajstić information content (AvgIpc) is 3.29. The first-order chi connectivity index (χ1) is 14.9. The number of rotatable bonds is 5. The third kappa shape index (κ3) is 4.48. The van der Waals surface area contributed by atoms with Gasteiger partial charge in [-0.25, -0.2) is 5.43 Å². The standard InChI is InChI=1S/C24H21BrIN3O2/c1-4-16-5-7-20(8-6-16)29-14(2)9-18(15(29)3)13-27-28-24(30)22-11-17-10-19(25)12-21(26)23(17)31-22/h5-13H,4H2,1-3H3,(H,28,30)/b27-13-. The van der Waals surface area contributed by atoms with Crippen LogP contribution in [0, 0.1) is 17.4 Å². The lowest BCUT2D eigenvalue weighted by Gasteiger charge is -2.10. The molecule has 4 aromatic rings. The van der Waals surface area contributed by atoms with Crippen LogP contribution in [0.25, 0.3) is 16.7 Å². The normalized spacial score (nSPS) is 11.5. The summed E-state index contributed by atoms with van der Waals surface area (Å²) in [4.78, 5) is 12.5. The molecular formula is C24H21BrIN3O2. The van der Waals surface area contributed by atoms with Crippen molar-refractivity contribution in [3.05, 3.63) is 84.8 Å². The van der Waals surface area contributed by atoms with E-state index < -0.39 is 0 Å². The molecule has 0 saturated heterocycles. The Bertz CT molecular complexity index is 1300. The zero-order chi connectivity index (χ0) is 22.1. The van der Waals surface area contributed by atoms with Gasteiger partial charge in [0.05, 0.1) is 9.78 Å². The number of fused-ring (bicyclic) bond motifs is 1. The molecule has 0 aliphatic carbocycles. The lowest BCUT2D eigenvalue weighted by molar-refractivity contribution is 0.0929. The predicted molar refractivity (Wildman–Crippen MR) is 136 cm³/mol. The SMILES string of the molecule is CCc1ccc(-n2c(C)cc(/C=N\NC(=O)c3cc4cc(Br)cc(I)c4o3)c2C)cc1. The van der Waals surface area contributed by atoms with Gasteiger partial charge in [0, 0.05) is 32.5 Å². The minimum atomic E-state index is -0.386. The summed E-state index contributed by atoms with van der Waals surface area (Å²) >= 11 is 5.65. The van der Waals surface area contributed by atoms with Gasteiger partial charge in [0.2, 0.25) is 0 Å². The topological polar surface area (TPSA) is 59.5 Å². The van der Waals surface area contributed by atoms with Crippen molar-refractivity contribution in [2.45, 2.75) is 27.2 Å². The van der Waals surface area contributed by atoms with Crippen LogP contribution in [0.5, 0.6) is 0 Å². The van der Waals surface area contributed by atoms with Crippen molar-refractivity contribution in [2.24, 2.45) is 5.10 Å². The lowest BCUT2D eigenvalue weighted by Crippen LogP contribution is -2.16. The fourth-order valence-electron chi connectivity index (χ4n) is 3.60. The second kappa shape index (κ2) is 9.00. The second-order valence-electron chi connectivity index (χ2n) is 7.30. The first-order valence-electron chi connectivity index (χ1n) is 9.87. The monoisotopic (exact) mass is 589 g/mol. The number of carbonyl (C=O) groups is 1. The fraction of sp³-hybridized carbons (Fsp3) is 0.167. The van der Waals surface area contributed by atoms with E-state index in [1.807, 2.05) is 19.1 Å². The largest absolute Gasteiger partial charge is 0.450 e. The van der Waals surface area contributed by atoms with E-state index in [1.165, 1.54) is 5.56 Å². The Morgan fingerprint density at radius 1 is 1.19 bits per heavy atom. The van der Waals surface area contributed by atoms with Gasteiger partial charge in [-0.2, -0.15) is 5.10 Å². The quantitative estimate of drug-likeness (QED) is 0.163. The van der Waals surface area contributed by atoms with Crippen LogP contribution < -0.4 is 5.43 Å². The number of amides is 1. The highest BCUT2D eigenvalue weighted by Gasteiger charge is 2.14. The minimum absolute atomic E-state index is 0.227. The summed E-state index contributed by atoms with van der Waals surface area (Å²) in [6.07, 6.45) is 2.68. The van der Waals surface area contributed by atoms with Crippen molar-refractivity contribution >= 4 is 61.6 Å². The zero-order valence-corrected chi connectivity index (χ0v) is 21.1. The van der Waals surface area contributed by atoms with E-state index in [4.69, 9.17) is 4.42 Å². The molecule has 0 bridgehead atoms. The molecule has 1 amide bonds. The van der Waals surface area contributed by atoms with Crippen LogP contribution in [0.4, 0.5) is 0 Å². The Kier molecular flexibility index (Phi) is 6.34. The first kappa shape index (κ1) is 21.8. The van der Waals surface area contributed by atoms with Crippen LogP contribution in [-0.2, 0) is 6.42 Å². The highest BCUT2D eigenvalue weighted by Crippen LogP contribution is 2.28. The molecular weight excluding hydrogens is 569 g/mol. The molecule has 5 nitrogen and oxygen atoms in total. The van der Waals surface area contributed by atoms with Gasteiger partial charge in [0.15, 0.2) is 5.76 Å². The van der Waals surface area contributed by atoms with E-state index >= 15 is 0 Å². The van der Waals surface area contributed by atoms with Crippen molar-refractivity contribution in [3.8, 4) is 5.69 Å². The van der Waals surface area contributed by atoms with Crippen molar-refractivity contribution in [1.29, 1.82) is 0 Å². The Labute approximate surface area is 202 Å². The molecule has 2 aromatic heterocycles. The predicted octanol–water partition coefficient (Wildman–Crippen LogP) is 6.53. The lowest BCUT2D eigenvalue weighted by atomic mass is 10.1. The molecule has 1 N–H and O–H groups in total. The molecule has 0 radical (unpaired) electrons. The maximum absolute atomic E-state index is 12.5. The maximum Gasteiger partial charge on any atom is 0.307 e. The van der Waals surface area contributed by atoms with Crippen LogP contribution in [-0.4, -0.2) is 16.7 Å². The highest BCUT2D eigenvalue weighted by molar-refractivity contribution is 14.1. The number of nitrogens with one attached hydrogen (secondary N) is 1. The molecule has 0 aliphatic heterocycles. The number of halogens is 2. The molecule has 4 rings (SSSR count). The molecule has 0 saturated carbocycles. The van der Waals surface area contributed by atoms with Gasteiger partial charge in [0.1, 0.15) is 5.58 Å². The molecule has 31 heavy (non-hydrogen) atoms. The van der Waals surface area contributed by atoms with E-state index in [-0.39, 0.29) is 11.7 Å². The van der Waals surface area contributed by atoms with Crippen molar-refractivity contribution < 1.29 is 9.21 Å². The van der Waals surface area contributed by atoms with Crippen molar-refractivity contribution in [3.63, 3.8) is 0 Å². The molecule has 0 aliphatic rings. The number of hydrazone groups is 1. The number of nitrogens with zero attached hydrogens (tertiary/aromatic N) is 2. The van der Waals surface area contributed by atoms with E-state index in [9.17, 15) is 4.79 Å². The number of aryl methyl sites for hydroxylation is 2. The molecule has 0 unspecified atom stereocenters. The number of hydrogen-bond donors (Lipinski definition) is 1. The summed E-state index contributed by atoms with van der Waals surface area (Å²) in [5.41, 5.74) is 8.78. The molecule has 158 valence electrons. The first-order valence-corrected chi connectivity index (χ1v) is 11.7. The number of furan rings is 1. The zero-order valence-electron chi connectivity index (χ0n) is 17.4. The van der Waals surface area contributed by atoms with Crippen LogP contribution in [0.2, 0.25) is 0 Å². The summed E-state index contributed by atoms with van der Waals surface area (Å²) in [7, 11) is 0. The molecule has 7 heteroatoms. The van der Waals surface area contributed by atoms with E-state index in [2.05, 4.69) is 97.8 Å². The minimum Gasteiger partial charge on any atom is -0.450 e. The van der Waals surface area contributed by atoms with Crippen LogP contribution in [0.15, 0.2) is 62.5 Å². The Morgan fingerprint density at radius 3 is 2.65 bits per heavy atom. The molecule has 0 atom stereocenters. The Balaban J connectivity index is 1.52. The van der Waals surface area contributed by atoms with Crippen molar-refractivity contribution in [2.75, 3.05) is 0 Å². The van der Waals surface area contributed by atoms with E-state index in [0.717, 1.165) is 42.5 Å². The van der Waals surface area contributed by atoms with Gasteiger partial charge in [-0.1, -0.05) is 35.0 Å². The van der Waals surface area contributed by atoms with Crippen LogP contribution >= 0.6 is 38.5 Å². The molecule has 2 aromatic carbocycles. The third-order valence-electron chi connectivity index (χ3n) is 5.20.